The highest BCUT2D eigenvalue weighted by Gasteiger charge is 2.47. The molecule has 1 N–H and O–H groups in total. The van der Waals surface area contributed by atoms with Gasteiger partial charge in [0.15, 0.2) is 0 Å². The van der Waals surface area contributed by atoms with Crippen LogP contribution in [-0.4, -0.2) is 41.8 Å². The van der Waals surface area contributed by atoms with Crippen molar-refractivity contribution in [2.75, 3.05) is 13.6 Å². The van der Waals surface area contributed by atoms with Crippen LogP contribution < -0.4 is 0 Å². The topological polar surface area (TPSA) is 40.5 Å². The number of aliphatic carboxylic acids is 1. The van der Waals surface area contributed by atoms with Gasteiger partial charge in [-0.15, -0.1) is 0 Å². The first kappa shape index (κ1) is 13.3. The Morgan fingerprint density at radius 1 is 1.44 bits per heavy atom. The average molecular weight is 239 g/mol. The number of carboxylic acids is 1. The first-order chi connectivity index (χ1) is 7.32. The molecule has 0 spiro atoms. The summed E-state index contributed by atoms with van der Waals surface area (Å²) in [6, 6.07) is -1.62. The number of nitrogens with zero attached hydrogens (tertiary/aromatic N) is 1. The summed E-state index contributed by atoms with van der Waals surface area (Å²) in [7, 11) is 1.42. The number of rotatable bonds is 2. The normalized spacial score (nSPS) is 28.8. The molecule has 1 aliphatic rings. The fourth-order valence-corrected chi connectivity index (χ4v) is 2.38. The SMILES string of the molecule is CN1CCCC[C@H](CC(=O)O)[C@H]1C(F)(F)F. The molecule has 0 saturated carbocycles. The molecule has 1 rings (SSSR count). The third-order valence-corrected chi connectivity index (χ3v) is 3.03. The van der Waals surface area contributed by atoms with Crippen LogP contribution in [0.25, 0.3) is 0 Å². The van der Waals surface area contributed by atoms with Gasteiger partial charge >= 0.3 is 12.1 Å². The van der Waals surface area contributed by atoms with Gasteiger partial charge in [-0.2, -0.15) is 13.2 Å². The van der Waals surface area contributed by atoms with Gasteiger partial charge in [0.1, 0.15) is 6.04 Å². The molecule has 0 aromatic rings. The number of hydrogen-bond donors (Lipinski definition) is 1. The predicted octanol–water partition coefficient (Wildman–Crippen LogP) is 2.12. The zero-order chi connectivity index (χ0) is 12.3. The maximum atomic E-state index is 12.8. The first-order valence-electron chi connectivity index (χ1n) is 5.31. The zero-order valence-electron chi connectivity index (χ0n) is 9.13. The van der Waals surface area contributed by atoms with Crippen LogP contribution in [0.5, 0.6) is 0 Å². The molecule has 0 unspecified atom stereocenters. The summed E-state index contributed by atoms with van der Waals surface area (Å²) in [6.45, 7) is 0.375. The third-order valence-electron chi connectivity index (χ3n) is 3.03. The molecule has 2 atom stereocenters. The minimum atomic E-state index is -4.35. The molecule has 0 aliphatic carbocycles. The summed E-state index contributed by atoms with van der Waals surface area (Å²) in [5.74, 6) is -1.99. The van der Waals surface area contributed by atoms with Crippen molar-refractivity contribution >= 4 is 5.97 Å². The Labute approximate surface area is 92.2 Å². The second-order valence-electron chi connectivity index (χ2n) is 4.32. The number of likely N-dealkylation sites (tertiary alicyclic amines) is 1. The molecule has 0 bridgehead atoms. The van der Waals surface area contributed by atoms with E-state index in [2.05, 4.69) is 0 Å². The first-order valence-corrected chi connectivity index (χ1v) is 5.31. The van der Waals surface area contributed by atoms with E-state index >= 15 is 0 Å². The smallest absolute Gasteiger partial charge is 0.404 e. The van der Waals surface area contributed by atoms with E-state index < -0.39 is 30.5 Å². The second-order valence-corrected chi connectivity index (χ2v) is 4.32. The molecule has 1 saturated heterocycles. The summed E-state index contributed by atoms with van der Waals surface area (Å²) in [4.78, 5) is 11.8. The molecular weight excluding hydrogens is 223 g/mol. The maximum Gasteiger partial charge on any atom is 0.404 e. The van der Waals surface area contributed by atoms with E-state index in [0.29, 0.717) is 25.8 Å². The fraction of sp³-hybridized carbons (Fsp3) is 0.900. The molecule has 0 amide bonds. The lowest BCUT2D eigenvalue weighted by molar-refractivity contribution is -0.194. The van der Waals surface area contributed by atoms with Crippen LogP contribution in [0.1, 0.15) is 25.7 Å². The van der Waals surface area contributed by atoms with Crippen molar-refractivity contribution in [2.24, 2.45) is 5.92 Å². The molecule has 0 aromatic heterocycles. The van der Waals surface area contributed by atoms with Gasteiger partial charge in [0.05, 0.1) is 0 Å². The summed E-state index contributed by atoms with van der Waals surface area (Å²) in [5.41, 5.74) is 0. The summed E-state index contributed by atoms with van der Waals surface area (Å²) >= 11 is 0. The Morgan fingerprint density at radius 2 is 2.06 bits per heavy atom. The van der Waals surface area contributed by atoms with Crippen LogP contribution in [0.4, 0.5) is 13.2 Å². The molecule has 0 radical (unpaired) electrons. The van der Waals surface area contributed by atoms with E-state index in [1.165, 1.54) is 11.9 Å². The Balaban J connectivity index is 2.85. The number of halogens is 3. The largest absolute Gasteiger partial charge is 0.481 e. The van der Waals surface area contributed by atoms with Gasteiger partial charge in [-0.3, -0.25) is 9.69 Å². The molecule has 0 aromatic carbocycles. The van der Waals surface area contributed by atoms with Gasteiger partial charge in [0, 0.05) is 6.42 Å². The van der Waals surface area contributed by atoms with Crippen molar-refractivity contribution in [1.82, 2.24) is 4.90 Å². The van der Waals surface area contributed by atoms with Crippen molar-refractivity contribution < 1.29 is 23.1 Å². The van der Waals surface area contributed by atoms with Crippen LogP contribution in [0, 0.1) is 5.92 Å². The van der Waals surface area contributed by atoms with E-state index in [4.69, 9.17) is 5.11 Å². The number of carboxylic acid groups (broad SMARTS) is 1. The van der Waals surface area contributed by atoms with Crippen LogP contribution in [0.2, 0.25) is 0 Å². The van der Waals surface area contributed by atoms with Gasteiger partial charge in [-0.25, -0.2) is 0 Å². The lowest BCUT2D eigenvalue weighted by atomic mass is 9.91. The molecule has 1 fully saturated rings. The van der Waals surface area contributed by atoms with Crippen molar-refractivity contribution in [3.8, 4) is 0 Å². The summed E-state index contributed by atoms with van der Waals surface area (Å²) < 4.78 is 38.5. The standard InChI is InChI=1S/C10H16F3NO2/c1-14-5-3-2-4-7(6-8(15)16)9(14)10(11,12)13/h7,9H,2-6H2,1H3,(H,15,16)/t7-,9+/m1/s1. The van der Waals surface area contributed by atoms with Crippen LogP contribution in [0.15, 0.2) is 0 Å². The summed E-state index contributed by atoms with van der Waals surface area (Å²) in [6.07, 6.45) is -3.07. The van der Waals surface area contributed by atoms with E-state index in [0.717, 1.165) is 0 Å². The maximum absolute atomic E-state index is 12.8. The van der Waals surface area contributed by atoms with Crippen molar-refractivity contribution in [3.05, 3.63) is 0 Å². The van der Waals surface area contributed by atoms with E-state index in [1.807, 2.05) is 0 Å². The van der Waals surface area contributed by atoms with Crippen molar-refractivity contribution in [2.45, 2.75) is 37.9 Å². The highest BCUT2D eigenvalue weighted by molar-refractivity contribution is 5.67. The number of carbonyl (C=O) groups is 1. The van der Waals surface area contributed by atoms with Crippen LogP contribution >= 0.6 is 0 Å². The molecule has 1 heterocycles. The van der Waals surface area contributed by atoms with Gasteiger partial charge in [-0.1, -0.05) is 6.42 Å². The van der Waals surface area contributed by atoms with Crippen LogP contribution in [0.3, 0.4) is 0 Å². The van der Waals surface area contributed by atoms with Gasteiger partial charge < -0.3 is 5.11 Å². The minimum absolute atomic E-state index is 0.334. The van der Waals surface area contributed by atoms with Gasteiger partial charge in [0.2, 0.25) is 0 Å². The predicted molar refractivity (Wildman–Crippen MR) is 52.1 cm³/mol. The fourth-order valence-electron chi connectivity index (χ4n) is 2.38. The van der Waals surface area contributed by atoms with Crippen molar-refractivity contribution in [1.29, 1.82) is 0 Å². The number of alkyl halides is 3. The van der Waals surface area contributed by atoms with E-state index in [9.17, 15) is 18.0 Å². The zero-order valence-corrected chi connectivity index (χ0v) is 9.13. The molecule has 16 heavy (non-hydrogen) atoms. The highest BCUT2D eigenvalue weighted by atomic mass is 19.4. The van der Waals surface area contributed by atoms with E-state index in [-0.39, 0.29) is 0 Å². The number of hydrogen-bond acceptors (Lipinski definition) is 2. The van der Waals surface area contributed by atoms with Gasteiger partial charge in [0.25, 0.3) is 0 Å². The lowest BCUT2D eigenvalue weighted by Crippen LogP contribution is -2.48. The molecule has 1 aliphatic heterocycles. The molecule has 6 heteroatoms. The minimum Gasteiger partial charge on any atom is -0.481 e. The Hall–Kier alpha value is -0.780. The van der Waals surface area contributed by atoms with E-state index in [1.54, 1.807) is 0 Å². The van der Waals surface area contributed by atoms with Crippen LogP contribution in [-0.2, 0) is 4.79 Å². The third kappa shape index (κ3) is 3.37. The monoisotopic (exact) mass is 239 g/mol. The summed E-state index contributed by atoms with van der Waals surface area (Å²) in [5, 5.41) is 8.64. The second kappa shape index (κ2) is 5.03. The molecule has 3 nitrogen and oxygen atoms in total. The Kier molecular flexibility index (Phi) is 4.18. The Bertz CT molecular complexity index is 255. The molecular formula is C10H16F3NO2. The average Bonchev–Trinajstić information content (AvgIpc) is 2.24. The molecule has 94 valence electrons. The highest BCUT2D eigenvalue weighted by Crippen LogP contribution is 2.35. The quantitative estimate of drug-likeness (QED) is 0.802. The lowest BCUT2D eigenvalue weighted by Gasteiger charge is -2.33. The van der Waals surface area contributed by atoms with Crippen molar-refractivity contribution in [3.63, 3.8) is 0 Å². The van der Waals surface area contributed by atoms with Gasteiger partial charge in [-0.05, 0) is 32.4 Å². The Morgan fingerprint density at radius 3 is 2.56 bits per heavy atom.